The minimum Gasteiger partial charge on any atom is -0.472 e. The summed E-state index contributed by atoms with van der Waals surface area (Å²) in [6.07, 6.45) is 3.59. The quantitative estimate of drug-likeness (QED) is 0.645. The Kier molecular flexibility index (Phi) is 5.16. The van der Waals surface area contributed by atoms with Crippen molar-refractivity contribution in [2.45, 2.75) is 19.5 Å². The summed E-state index contributed by atoms with van der Waals surface area (Å²) in [5.41, 5.74) is 1.83. The molecule has 0 bridgehead atoms. The molecular formula is C18H16ClNO2S. The van der Waals surface area contributed by atoms with Crippen LogP contribution in [0.2, 0.25) is 5.02 Å². The highest BCUT2D eigenvalue weighted by atomic mass is 35.5. The van der Waals surface area contributed by atoms with E-state index in [9.17, 15) is 4.79 Å². The molecule has 1 aromatic carbocycles. The fourth-order valence-electron chi connectivity index (χ4n) is 2.34. The zero-order valence-electron chi connectivity index (χ0n) is 12.4. The van der Waals surface area contributed by atoms with Gasteiger partial charge in [0.2, 0.25) is 5.91 Å². The minimum absolute atomic E-state index is 0.0488. The summed E-state index contributed by atoms with van der Waals surface area (Å²) in [6.45, 7) is 1.11. The van der Waals surface area contributed by atoms with E-state index in [1.807, 2.05) is 52.7 Å². The number of nitrogens with zero attached hydrogens (tertiary/aromatic N) is 1. The van der Waals surface area contributed by atoms with Crippen LogP contribution in [0.25, 0.3) is 0 Å². The van der Waals surface area contributed by atoms with Gasteiger partial charge in [0.05, 0.1) is 25.5 Å². The molecule has 3 nitrogen and oxygen atoms in total. The average Bonchev–Trinajstić information content (AvgIpc) is 3.22. The number of amides is 1. The van der Waals surface area contributed by atoms with Gasteiger partial charge in [-0.3, -0.25) is 4.79 Å². The Morgan fingerprint density at radius 2 is 2.00 bits per heavy atom. The van der Waals surface area contributed by atoms with Gasteiger partial charge in [0.25, 0.3) is 0 Å². The van der Waals surface area contributed by atoms with Crippen molar-refractivity contribution in [1.29, 1.82) is 0 Å². The minimum atomic E-state index is 0.0488. The molecule has 2 aromatic heterocycles. The highest BCUT2D eigenvalue weighted by Gasteiger charge is 2.17. The van der Waals surface area contributed by atoms with Gasteiger partial charge in [0, 0.05) is 22.0 Å². The molecule has 1 amide bonds. The van der Waals surface area contributed by atoms with Crippen LogP contribution in [-0.4, -0.2) is 10.8 Å². The molecule has 23 heavy (non-hydrogen) atoms. The first-order valence-electron chi connectivity index (χ1n) is 7.27. The highest BCUT2D eigenvalue weighted by Crippen LogP contribution is 2.19. The Hall–Kier alpha value is -2.04. The van der Waals surface area contributed by atoms with Gasteiger partial charge in [-0.05, 0) is 29.1 Å². The molecule has 3 rings (SSSR count). The number of carbonyl (C=O) groups excluding carboxylic acids is 1. The van der Waals surface area contributed by atoms with Crippen molar-refractivity contribution in [3.8, 4) is 0 Å². The second kappa shape index (κ2) is 7.49. The summed E-state index contributed by atoms with van der Waals surface area (Å²) in [5.74, 6) is 0.0488. The lowest BCUT2D eigenvalue weighted by molar-refractivity contribution is -0.131. The summed E-state index contributed by atoms with van der Waals surface area (Å²) < 4.78 is 5.11. The third-order valence-corrected chi connectivity index (χ3v) is 4.76. The summed E-state index contributed by atoms with van der Waals surface area (Å²) in [7, 11) is 0. The highest BCUT2D eigenvalue weighted by molar-refractivity contribution is 7.09. The second-order valence-corrected chi connectivity index (χ2v) is 6.67. The van der Waals surface area contributed by atoms with Crippen molar-refractivity contribution in [3.05, 3.63) is 81.4 Å². The maximum atomic E-state index is 12.8. The fraction of sp³-hybridized carbons (Fsp3) is 0.167. The standard InChI is InChI=1S/C18H16ClNO2S/c19-17-6-2-1-4-15(17)10-18(21)20(11-14-7-8-22-13-14)12-16-5-3-9-23-16/h1-9,13H,10-12H2. The molecule has 2 heterocycles. The molecule has 0 fully saturated rings. The first-order chi connectivity index (χ1) is 11.2. The lowest BCUT2D eigenvalue weighted by Crippen LogP contribution is -2.31. The van der Waals surface area contributed by atoms with Crippen molar-refractivity contribution < 1.29 is 9.21 Å². The van der Waals surface area contributed by atoms with Gasteiger partial charge < -0.3 is 9.32 Å². The number of rotatable bonds is 6. The van der Waals surface area contributed by atoms with E-state index in [1.165, 1.54) is 0 Å². The molecule has 0 aliphatic carbocycles. The van der Waals surface area contributed by atoms with E-state index in [0.29, 0.717) is 24.5 Å². The lowest BCUT2D eigenvalue weighted by Gasteiger charge is -2.22. The Morgan fingerprint density at radius 1 is 1.13 bits per heavy atom. The van der Waals surface area contributed by atoms with E-state index in [4.69, 9.17) is 16.0 Å². The monoisotopic (exact) mass is 345 g/mol. The van der Waals surface area contributed by atoms with Crippen LogP contribution < -0.4 is 0 Å². The molecule has 0 spiro atoms. The molecule has 118 valence electrons. The van der Waals surface area contributed by atoms with Crippen LogP contribution in [-0.2, 0) is 24.3 Å². The van der Waals surface area contributed by atoms with Gasteiger partial charge in [-0.15, -0.1) is 11.3 Å². The smallest absolute Gasteiger partial charge is 0.227 e. The Bertz CT molecular complexity index is 717. The lowest BCUT2D eigenvalue weighted by atomic mass is 10.1. The van der Waals surface area contributed by atoms with Crippen LogP contribution in [0.1, 0.15) is 16.0 Å². The summed E-state index contributed by atoms with van der Waals surface area (Å²) in [6, 6.07) is 13.4. The van der Waals surface area contributed by atoms with Crippen molar-refractivity contribution >= 4 is 28.8 Å². The average molecular weight is 346 g/mol. The molecule has 0 atom stereocenters. The Balaban J connectivity index is 1.76. The van der Waals surface area contributed by atoms with Gasteiger partial charge in [0.1, 0.15) is 0 Å². The van der Waals surface area contributed by atoms with Crippen molar-refractivity contribution in [3.63, 3.8) is 0 Å². The molecule has 0 saturated heterocycles. The molecule has 0 aliphatic heterocycles. The third kappa shape index (κ3) is 4.24. The number of hydrogen-bond donors (Lipinski definition) is 0. The van der Waals surface area contributed by atoms with Crippen LogP contribution >= 0.6 is 22.9 Å². The van der Waals surface area contributed by atoms with Crippen LogP contribution in [0.4, 0.5) is 0 Å². The van der Waals surface area contributed by atoms with Crippen LogP contribution in [0.15, 0.2) is 64.8 Å². The summed E-state index contributed by atoms with van der Waals surface area (Å²) in [5, 5.41) is 2.64. The van der Waals surface area contributed by atoms with Crippen molar-refractivity contribution in [2.75, 3.05) is 0 Å². The third-order valence-electron chi connectivity index (χ3n) is 3.53. The van der Waals surface area contributed by atoms with E-state index in [1.54, 1.807) is 23.9 Å². The van der Waals surface area contributed by atoms with E-state index >= 15 is 0 Å². The van der Waals surface area contributed by atoms with Gasteiger partial charge in [-0.2, -0.15) is 0 Å². The normalized spacial score (nSPS) is 10.7. The molecule has 0 radical (unpaired) electrons. The second-order valence-electron chi connectivity index (χ2n) is 5.23. The Morgan fingerprint density at radius 3 is 2.70 bits per heavy atom. The number of benzene rings is 1. The predicted octanol–water partition coefficient (Wildman–Crippen LogP) is 4.77. The number of hydrogen-bond acceptors (Lipinski definition) is 3. The molecule has 0 saturated carbocycles. The first-order valence-corrected chi connectivity index (χ1v) is 8.53. The van der Waals surface area contributed by atoms with Crippen LogP contribution in [0.5, 0.6) is 0 Å². The molecule has 5 heteroatoms. The number of carbonyl (C=O) groups is 1. The number of thiophene rings is 1. The Labute approximate surface area is 144 Å². The number of furan rings is 1. The maximum absolute atomic E-state index is 12.8. The largest absolute Gasteiger partial charge is 0.472 e. The van der Waals surface area contributed by atoms with Gasteiger partial charge in [-0.25, -0.2) is 0 Å². The van der Waals surface area contributed by atoms with Gasteiger partial charge in [0.15, 0.2) is 0 Å². The molecule has 0 N–H and O–H groups in total. The number of halogens is 1. The molecule has 0 unspecified atom stereocenters. The zero-order valence-corrected chi connectivity index (χ0v) is 14.0. The van der Waals surface area contributed by atoms with Crippen LogP contribution in [0, 0.1) is 0 Å². The molecule has 0 aliphatic rings. The first kappa shape index (κ1) is 15.8. The van der Waals surface area contributed by atoms with Gasteiger partial charge >= 0.3 is 0 Å². The van der Waals surface area contributed by atoms with Crippen molar-refractivity contribution in [2.24, 2.45) is 0 Å². The summed E-state index contributed by atoms with van der Waals surface area (Å²) >= 11 is 7.82. The van der Waals surface area contributed by atoms with E-state index in [-0.39, 0.29) is 5.91 Å². The predicted molar refractivity (Wildman–Crippen MR) is 92.4 cm³/mol. The van der Waals surface area contributed by atoms with Gasteiger partial charge in [-0.1, -0.05) is 35.9 Å². The van der Waals surface area contributed by atoms with E-state index in [2.05, 4.69) is 0 Å². The van der Waals surface area contributed by atoms with Crippen LogP contribution in [0.3, 0.4) is 0 Å². The zero-order chi connectivity index (χ0) is 16.1. The topological polar surface area (TPSA) is 33.5 Å². The maximum Gasteiger partial charge on any atom is 0.227 e. The summed E-state index contributed by atoms with van der Waals surface area (Å²) in [4.78, 5) is 15.7. The SMILES string of the molecule is O=C(Cc1ccccc1Cl)N(Cc1ccoc1)Cc1cccs1. The molecular weight excluding hydrogens is 330 g/mol. The van der Waals surface area contributed by atoms with Crippen molar-refractivity contribution in [1.82, 2.24) is 4.90 Å². The molecule has 3 aromatic rings. The fourth-order valence-corrected chi connectivity index (χ4v) is 3.26. The van der Waals surface area contributed by atoms with E-state index < -0.39 is 0 Å². The van der Waals surface area contributed by atoms with E-state index in [0.717, 1.165) is 16.0 Å².